The van der Waals surface area contributed by atoms with E-state index in [1.807, 2.05) is 12.1 Å². The molecule has 0 radical (unpaired) electrons. The minimum absolute atomic E-state index is 0.223. The summed E-state index contributed by atoms with van der Waals surface area (Å²) < 4.78 is 0. The molecule has 2 rings (SSSR count). The van der Waals surface area contributed by atoms with Gasteiger partial charge in [0.05, 0.1) is 0 Å². The molecule has 7 N–H and O–H groups in total. The summed E-state index contributed by atoms with van der Waals surface area (Å²) in [5.41, 5.74) is 13.1. The Kier molecular flexibility index (Phi) is 5.23. The molecule has 120 valence electrons. The maximum absolute atomic E-state index is 11.8. The topological polar surface area (TPSA) is 130 Å². The highest BCUT2D eigenvalue weighted by atomic mass is 16.4. The summed E-state index contributed by atoms with van der Waals surface area (Å²) in [6, 6.07) is 5.68. The molecular formula is C15H23BN2O4. The van der Waals surface area contributed by atoms with Gasteiger partial charge in [-0.05, 0) is 54.7 Å². The van der Waals surface area contributed by atoms with Crippen LogP contribution in [-0.4, -0.2) is 34.8 Å². The summed E-state index contributed by atoms with van der Waals surface area (Å²) in [6.45, 7) is 0.545. The van der Waals surface area contributed by atoms with Crippen LogP contribution in [0.5, 0.6) is 0 Å². The first-order valence-electron chi connectivity index (χ1n) is 7.60. The van der Waals surface area contributed by atoms with Gasteiger partial charge in [0.2, 0.25) is 0 Å². The molecule has 0 fully saturated rings. The number of nitrogens with two attached hydrogens (primary N) is 2. The maximum atomic E-state index is 11.8. The first kappa shape index (κ1) is 17.0. The number of aliphatic carboxylic acids is 1. The number of fused-ring (bicyclic) bond motifs is 1. The summed E-state index contributed by atoms with van der Waals surface area (Å²) >= 11 is 0. The molecule has 6 nitrogen and oxygen atoms in total. The third kappa shape index (κ3) is 3.17. The molecule has 22 heavy (non-hydrogen) atoms. The lowest BCUT2D eigenvalue weighted by Gasteiger charge is -2.28. The number of carbonyl (C=O) groups is 1. The fourth-order valence-electron chi connectivity index (χ4n) is 3.35. The molecule has 0 bridgehead atoms. The summed E-state index contributed by atoms with van der Waals surface area (Å²) in [7, 11) is -1.36. The van der Waals surface area contributed by atoms with Crippen LogP contribution in [0.15, 0.2) is 18.2 Å². The number of carboxylic acids is 1. The van der Waals surface area contributed by atoms with Crippen LogP contribution in [0.3, 0.4) is 0 Å². The lowest BCUT2D eigenvalue weighted by molar-refractivity contribution is -0.145. The van der Waals surface area contributed by atoms with Crippen molar-refractivity contribution in [1.29, 1.82) is 0 Å². The average Bonchev–Trinajstić information content (AvgIpc) is 2.73. The zero-order valence-corrected chi connectivity index (χ0v) is 12.5. The van der Waals surface area contributed by atoms with Gasteiger partial charge in [-0.1, -0.05) is 24.6 Å². The third-order valence-corrected chi connectivity index (χ3v) is 4.53. The third-order valence-electron chi connectivity index (χ3n) is 4.53. The highest BCUT2D eigenvalue weighted by Crippen LogP contribution is 2.42. The molecule has 1 aliphatic rings. The van der Waals surface area contributed by atoms with Gasteiger partial charge in [-0.3, -0.25) is 0 Å². The lowest BCUT2D eigenvalue weighted by Crippen LogP contribution is -2.48. The van der Waals surface area contributed by atoms with Crippen molar-refractivity contribution in [3.8, 4) is 0 Å². The van der Waals surface area contributed by atoms with Crippen LogP contribution in [0.25, 0.3) is 0 Å². The van der Waals surface area contributed by atoms with Crippen LogP contribution >= 0.6 is 0 Å². The Labute approximate surface area is 130 Å². The van der Waals surface area contributed by atoms with E-state index in [2.05, 4.69) is 0 Å². The molecule has 0 heterocycles. The summed E-state index contributed by atoms with van der Waals surface area (Å²) in [5, 5.41) is 27.5. The lowest BCUT2D eigenvalue weighted by atomic mass is 9.77. The number of carboxylic acid groups (broad SMARTS) is 1. The Bertz CT molecular complexity index is 552. The molecule has 0 amide bonds. The summed E-state index contributed by atoms with van der Waals surface area (Å²) in [6.07, 6.45) is 2.64. The predicted molar refractivity (Wildman–Crippen MR) is 84.1 cm³/mol. The molecule has 2 unspecified atom stereocenters. The molecule has 1 aromatic carbocycles. The standard InChI is InChI=1S/C15H23BN2O4/c17-7-5-10-3-4-13-11(8-10)9-12(2-1-6-16(21)22)15(13,18)14(19)20/h3-4,8,12,21-22H,1-2,5-7,9,17-18H2,(H,19,20). The second-order valence-electron chi connectivity index (χ2n) is 6.02. The molecule has 0 saturated carbocycles. The molecule has 0 spiro atoms. The highest BCUT2D eigenvalue weighted by molar-refractivity contribution is 6.40. The molecule has 2 atom stereocenters. The first-order chi connectivity index (χ1) is 10.4. The summed E-state index contributed by atoms with van der Waals surface area (Å²) in [4.78, 5) is 11.8. The zero-order chi connectivity index (χ0) is 16.3. The molecule has 7 heteroatoms. The molecule has 1 aromatic rings. The maximum Gasteiger partial charge on any atom is 0.451 e. The van der Waals surface area contributed by atoms with E-state index in [4.69, 9.17) is 21.5 Å². The van der Waals surface area contributed by atoms with E-state index in [1.54, 1.807) is 6.07 Å². The smallest absolute Gasteiger partial charge is 0.451 e. The van der Waals surface area contributed by atoms with Crippen LogP contribution in [0.1, 0.15) is 29.5 Å². The van der Waals surface area contributed by atoms with Crippen LogP contribution in [0, 0.1) is 5.92 Å². The fourth-order valence-corrected chi connectivity index (χ4v) is 3.35. The van der Waals surface area contributed by atoms with Gasteiger partial charge in [0.25, 0.3) is 0 Å². The Balaban J connectivity index is 2.24. The van der Waals surface area contributed by atoms with Crippen molar-refractivity contribution in [2.45, 2.75) is 37.5 Å². The average molecular weight is 306 g/mol. The van der Waals surface area contributed by atoms with Gasteiger partial charge in [0.1, 0.15) is 5.54 Å². The van der Waals surface area contributed by atoms with E-state index in [0.29, 0.717) is 31.4 Å². The molecular weight excluding hydrogens is 283 g/mol. The normalized spacial score (nSPS) is 23.4. The Hall–Kier alpha value is -1.41. The van der Waals surface area contributed by atoms with Crippen molar-refractivity contribution in [3.05, 3.63) is 34.9 Å². The van der Waals surface area contributed by atoms with Gasteiger partial charge in [0, 0.05) is 0 Å². The van der Waals surface area contributed by atoms with E-state index in [9.17, 15) is 9.90 Å². The van der Waals surface area contributed by atoms with E-state index in [-0.39, 0.29) is 12.2 Å². The van der Waals surface area contributed by atoms with Crippen LogP contribution in [-0.2, 0) is 23.2 Å². The van der Waals surface area contributed by atoms with E-state index in [1.165, 1.54) is 0 Å². The van der Waals surface area contributed by atoms with Crippen molar-refractivity contribution in [3.63, 3.8) is 0 Å². The minimum Gasteiger partial charge on any atom is -0.480 e. The Morgan fingerprint density at radius 3 is 2.73 bits per heavy atom. The zero-order valence-electron chi connectivity index (χ0n) is 12.5. The highest BCUT2D eigenvalue weighted by Gasteiger charge is 2.49. The number of hydrogen-bond donors (Lipinski definition) is 5. The van der Waals surface area contributed by atoms with Crippen LogP contribution < -0.4 is 11.5 Å². The first-order valence-corrected chi connectivity index (χ1v) is 7.60. The minimum atomic E-state index is -1.41. The van der Waals surface area contributed by atoms with Crippen LogP contribution in [0.2, 0.25) is 6.32 Å². The second-order valence-corrected chi connectivity index (χ2v) is 6.02. The Morgan fingerprint density at radius 2 is 2.14 bits per heavy atom. The monoisotopic (exact) mass is 306 g/mol. The fraction of sp³-hybridized carbons (Fsp3) is 0.533. The van der Waals surface area contributed by atoms with Gasteiger partial charge in [0.15, 0.2) is 0 Å². The van der Waals surface area contributed by atoms with Gasteiger partial charge in [-0.15, -0.1) is 0 Å². The molecule has 1 aliphatic carbocycles. The molecule has 0 saturated heterocycles. The van der Waals surface area contributed by atoms with Crippen molar-refractivity contribution in [1.82, 2.24) is 0 Å². The van der Waals surface area contributed by atoms with Crippen molar-refractivity contribution in [2.75, 3.05) is 6.54 Å². The number of benzene rings is 1. The van der Waals surface area contributed by atoms with Gasteiger partial charge in [-0.2, -0.15) is 0 Å². The number of rotatable bonds is 7. The second kappa shape index (κ2) is 6.79. The summed E-state index contributed by atoms with van der Waals surface area (Å²) in [5.74, 6) is -1.28. The van der Waals surface area contributed by atoms with Crippen molar-refractivity contribution < 1.29 is 19.9 Å². The van der Waals surface area contributed by atoms with Crippen LogP contribution in [0.4, 0.5) is 0 Å². The van der Waals surface area contributed by atoms with Gasteiger partial charge in [-0.25, -0.2) is 4.79 Å². The molecule has 0 aliphatic heterocycles. The van der Waals surface area contributed by atoms with Gasteiger partial charge < -0.3 is 26.6 Å². The van der Waals surface area contributed by atoms with Gasteiger partial charge >= 0.3 is 13.1 Å². The predicted octanol–water partition coefficient (Wildman–Crippen LogP) is -0.148. The molecule has 0 aromatic heterocycles. The van der Waals surface area contributed by atoms with E-state index >= 15 is 0 Å². The van der Waals surface area contributed by atoms with Crippen molar-refractivity contribution >= 4 is 13.1 Å². The van der Waals surface area contributed by atoms with E-state index in [0.717, 1.165) is 17.5 Å². The van der Waals surface area contributed by atoms with Crippen molar-refractivity contribution in [2.24, 2.45) is 17.4 Å². The van der Waals surface area contributed by atoms with E-state index < -0.39 is 18.6 Å². The largest absolute Gasteiger partial charge is 0.480 e. The SMILES string of the molecule is NCCc1ccc2c(c1)CC(CCCB(O)O)C2(N)C(=O)O. The quantitative estimate of drug-likeness (QED) is 0.445. The number of hydrogen-bond acceptors (Lipinski definition) is 5. The Morgan fingerprint density at radius 1 is 1.41 bits per heavy atom.